The molecule has 11 heteroatoms. The fourth-order valence-electron chi connectivity index (χ4n) is 6.45. The zero-order valence-electron chi connectivity index (χ0n) is 25.2. The third-order valence-electron chi connectivity index (χ3n) is 8.11. The van der Waals surface area contributed by atoms with Gasteiger partial charge in [-0.05, 0) is 102 Å². The Morgan fingerprint density at radius 2 is 1.42 bits per heavy atom. The summed E-state index contributed by atoms with van der Waals surface area (Å²) in [6, 6.07) is 14.0. The third kappa shape index (κ3) is 7.36. The monoisotopic (exact) mass is 710 g/mol. The van der Waals surface area contributed by atoms with Gasteiger partial charge >= 0.3 is 0 Å². The molecule has 0 radical (unpaired) electrons. The second-order valence-electron chi connectivity index (χ2n) is 12.6. The van der Waals surface area contributed by atoms with E-state index in [4.69, 9.17) is 15.0 Å². The second-order valence-corrected chi connectivity index (χ2v) is 14.8. The van der Waals surface area contributed by atoms with Gasteiger partial charge in [-0.2, -0.15) is 15.0 Å². The van der Waals surface area contributed by atoms with E-state index < -0.39 is 0 Å². The maximum atomic E-state index is 12.6. The number of rotatable bonds is 7. The highest BCUT2D eigenvalue weighted by molar-refractivity contribution is 14.1. The van der Waals surface area contributed by atoms with Crippen LogP contribution in [0.3, 0.4) is 0 Å². The summed E-state index contributed by atoms with van der Waals surface area (Å²) in [6.07, 6.45) is 2.46. The van der Waals surface area contributed by atoms with Crippen molar-refractivity contribution >= 4 is 72.8 Å². The molecule has 4 aromatic rings. The normalized spacial score (nSPS) is 22.5. The predicted molar refractivity (Wildman–Crippen MR) is 185 cm³/mol. The number of halogens is 1. The summed E-state index contributed by atoms with van der Waals surface area (Å²) in [6.45, 7) is 13.2. The molecule has 4 unspecified atom stereocenters. The van der Waals surface area contributed by atoms with Crippen molar-refractivity contribution in [1.82, 2.24) is 19.9 Å². The Labute approximate surface area is 271 Å². The zero-order chi connectivity index (χ0) is 30.1. The lowest BCUT2D eigenvalue weighted by Crippen LogP contribution is -2.42. The molecule has 9 nitrogen and oxygen atoms in total. The molecule has 0 saturated carbocycles. The lowest BCUT2D eigenvalue weighted by molar-refractivity contribution is -0.114. The van der Waals surface area contributed by atoms with Crippen LogP contribution in [-0.4, -0.2) is 58.6 Å². The fraction of sp³-hybridized carbons (Fsp3) is 0.469. The van der Waals surface area contributed by atoms with Gasteiger partial charge in [0.25, 0.3) is 0 Å². The van der Waals surface area contributed by atoms with Crippen LogP contribution in [0.2, 0.25) is 0 Å². The van der Waals surface area contributed by atoms with Crippen LogP contribution in [0.5, 0.6) is 0 Å². The molecule has 226 valence electrons. The first kappa shape index (κ1) is 30.0. The molecule has 4 atom stereocenters. The van der Waals surface area contributed by atoms with Gasteiger partial charge in [0.1, 0.15) is 0 Å². The van der Waals surface area contributed by atoms with Crippen LogP contribution in [0.25, 0.3) is 21.6 Å². The van der Waals surface area contributed by atoms with Crippen molar-refractivity contribution in [2.45, 2.75) is 40.5 Å². The van der Waals surface area contributed by atoms with Gasteiger partial charge in [-0.15, -0.1) is 0 Å². The number of hydrogen-bond acceptors (Lipinski definition) is 9. The number of hydrogen-bond donors (Lipinski definition) is 2. The maximum absolute atomic E-state index is 12.6. The lowest BCUT2D eigenvalue weighted by Gasteiger charge is -2.37. The minimum absolute atomic E-state index is 0.139. The lowest BCUT2D eigenvalue weighted by atomic mass is 9.92. The van der Waals surface area contributed by atoms with E-state index >= 15 is 0 Å². The van der Waals surface area contributed by atoms with E-state index in [0.29, 0.717) is 34.6 Å². The Bertz CT molecular complexity index is 1530. The van der Waals surface area contributed by atoms with Crippen LogP contribution in [0, 0.1) is 27.2 Å². The van der Waals surface area contributed by atoms with Gasteiger partial charge in [-0.25, -0.2) is 4.98 Å². The second kappa shape index (κ2) is 12.9. The van der Waals surface area contributed by atoms with Crippen LogP contribution in [0.15, 0.2) is 42.5 Å². The van der Waals surface area contributed by atoms with E-state index in [1.165, 1.54) is 24.2 Å². The molecule has 2 aliphatic heterocycles. The van der Waals surface area contributed by atoms with Gasteiger partial charge in [0, 0.05) is 41.0 Å². The summed E-state index contributed by atoms with van der Waals surface area (Å²) < 4.78 is 2.21. The SMILES string of the molecule is CC1CC(C)CN(c2nc(-c3ccc(NCC(=O)Nc4nc5ccc(I)cc5s4)cc3)nc(N3CC(C)CC(C)C3)n2)C1. The van der Waals surface area contributed by atoms with Crippen LogP contribution < -0.4 is 20.4 Å². The molecule has 6 rings (SSSR count). The number of nitrogens with one attached hydrogen (secondary N) is 2. The highest BCUT2D eigenvalue weighted by Gasteiger charge is 2.28. The average Bonchev–Trinajstić information content (AvgIpc) is 3.36. The average molecular weight is 711 g/mol. The number of thiazole rings is 1. The van der Waals surface area contributed by atoms with Crippen molar-refractivity contribution in [1.29, 1.82) is 0 Å². The molecular formula is C32H39IN8OS. The van der Waals surface area contributed by atoms with E-state index in [2.05, 4.69) is 81.8 Å². The molecule has 2 N–H and O–H groups in total. The van der Waals surface area contributed by atoms with Crippen molar-refractivity contribution in [2.24, 2.45) is 23.7 Å². The number of nitrogens with zero attached hydrogens (tertiary/aromatic N) is 6. The summed E-state index contributed by atoms with van der Waals surface area (Å²) in [5, 5.41) is 6.75. The minimum atomic E-state index is -0.139. The standard InChI is InChI=1S/C32H39IN8OS/c1-19-11-20(2)16-40(15-19)30-37-29(38-31(39-30)41-17-21(3)12-22(4)18-41)23-5-8-25(9-6-23)34-14-28(42)36-32-35-26-10-7-24(33)13-27(26)43-32/h5-10,13,19-22,34H,11-12,14-18H2,1-4H3,(H,35,36,42). The van der Waals surface area contributed by atoms with E-state index in [-0.39, 0.29) is 12.5 Å². The maximum Gasteiger partial charge on any atom is 0.245 e. The molecule has 2 aliphatic rings. The fourth-order valence-corrected chi connectivity index (χ4v) is 8.08. The molecule has 43 heavy (non-hydrogen) atoms. The van der Waals surface area contributed by atoms with Gasteiger partial charge in [0.15, 0.2) is 11.0 Å². The molecule has 1 amide bonds. The Morgan fingerprint density at radius 3 is 2.00 bits per heavy atom. The van der Waals surface area contributed by atoms with Crippen molar-refractivity contribution in [3.63, 3.8) is 0 Å². The largest absolute Gasteiger partial charge is 0.376 e. The number of anilines is 4. The summed E-state index contributed by atoms with van der Waals surface area (Å²) in [7, 11) is 0. The first-order valence-electron chi connectivity index (χ1n) is 15.1. The summed E-state index contributed by atoms with van der Waals surface area (Å²) in [5.74, 6) is 4.49. The topological polar surface area (TPSA) is 99.2 Å². The van der Waals surface area contributed by atoms with Gasteiger partial charge in [-0.1, -0.05) is 39.0 Å². The molecule has 2 aromatic carbocycles. The van der Waals surface area contributed by atoms with Crippen molar-refractivity contribution < 1.29 is 4.79 Å². The van der Waals surface area contributed by atoms with Crippen LogP contribution in [0.1, 0.15) is 40.5 Å². The Morgan fingerprint density at radius 1 is 0.837 bits per heavy atom. The third-order valence-corrected chi connectivity index (χ3v) is 9.71. The molecule has 2 saturated heterocycles. The molecule has 2 fully saturated rings. The minimum Gasteiger partial charge on any atom is -0.376 e. The number of fused-ring (bicyclic) bond motifs is 1. The first-order chi connectivity index (χ1) is 20.7. The summed E-state index contributed by atoms with van der Waals surface area (Å²) >= 11 is 3.76. The number of aromatic nitrogens is 4. The van der Waals surface area contributed by atoms with Crippen LogP contribution >= 0.6 is 33.9 Å². The van der Waals surface area contributed by atoms with Crippen molar-refractivity contribution in [3.05, 3.63) is 46.0 Å². The quantitative estimate of drug-likeness (QED) is 0.203. The van der Waals surface area contributed by atoms with Gasteiger partial charge in [-0.3, -0.25) is 4.79 Å². The Balaban J connectivity index is 1.17. The van der Waals surface area contributed by atoms with Gasteiger partial charge in [0.05, 0.1) is 16.8 Å². The predicted octanol–water partition coefficient (Wildman–Crippen LogP) is 6.77. The molecular weight excluding hydrogens is 671 g/mol. The van der Waals surface area contributed by atoms with Crippen LogP contribution in [-0.2, 0) is 4.79 Å². The molecule has 4 heterocycles. The first-order valence-corrected chi connectivity index (χ1v) is 17.0. The summed E-state index contributed by atoms with van der Waals surface area (Å²) in [4.78, 5) is 36.8. The van der Waals surface area contributed by atoms with Crippen molar-refractivity contribution in [2.75, 3.05) is 53.2 Å². The number of amides is 1. The molecule has 2 aromatic heterocycles. The number of piperidine rings is 2. The van der Waals surface area contributed by atoms with E-state index in [1.807, 2.05) is 36.4 Å². The zero-order valence-corrected chi connectivity index (χ0v) is 28.2. The number of carbonyl (C=O) groups excluding carboxylic acids is 1. The van der Waals surface area contributed by atoms with Gasteiger partial charge < -0.3 is 20.4 Å². The van der Waals surface area contributed by atoms with E-state index in [1.54, 1.807) is 0 Å². The smallest absolute Gasteiger partial charge is 0.245 e. The van der Waals surface area contributed by atoms with Crippen molar-refractivity contribution in [3.8, 4) is 11.4 Å². The van der Waals surface area contributed by atoms with Gasteiger partial charge in [0.2, 0.25) is 17.8 Å². The Hall–Kier alpha value is -3.06. The molecule has 0 aliphatic carbocycles. The highest BCUT2D eigenvalue weighted by atomic mass is 127. The molecule has 0 bridgehead atoms. The number of benzene rings is 2. The number of carbonyl (C=O) groups is 1. The summed E-state index contributed by atoms with van der Waals surface area (Å²) in [5.41, 5.74) is 2.67. The van der Waals surface area contributed by atoms with E-state index in [9.17, 15) is 4.79 Å². The van der Waals surface area contributed by atoms with Crippen LogP contribution in [0.4, 0.5) is 22.7 Å². The molecule has 0 spiro atoms. The Kier molecular flexibility index (Phi) is 8.99. The highest BCUT2D eigenvalue weighted by Crippen LogP contribution is 2.31. The van der Waals surface area contributed by atoms with E-state index in [0.717, 1.165) is 63.1 Å².